The molecule has 0 aromatic heterocycles. The van der Waals surface area contributed by atoms with Crippen LogP contribution in [-0.2, 0) is 11.0 Å². The maximum atomic E-state index is 12.8. The van der Waals surface area contributed by atoms with E-state index < -0.39 is 34.8 Å². The van der Waals surface area contributed by atoms with Crippen LogP contribution in [0, 0.1) is 0 Å². The second-order valence-corrected chi connectivity index (χ2v) is 8.10. The average molecular weight is 556 g/mol. The molecule has 0 aliphatic carbocycles. The largest absolute Gasteiger partial charge is 0.508 e. The van der Waals surface area contributed by atoms with Gasteiger partial charge in [0.2, 0.25) is 0 Å². The Morgan fingerprint density at radius 2 is 1.40 bits per heavy atom. The summed E-state index contributed by atoms with van der Waals surface area (Å²) in [4.78, 5) is 24.6. The molecule has 11 heteroatoms. The number of aliphatic hydroxyl groups excluding tert-OH is 1. The lowest BCUT2D eigenvalue weighted by Crippen LogP contribution is -2.11. The molecule has 0 fully saturated rings. The van der Waals surface area contributed by atoms with Gasteiger partial charge < -0.3 is 29.5 Å². The third-order valence-corrected chi connectivity index (χ3v) is 5.32. The first-order valence-corrected chi connectivity index (χ1v) is 11.4. The van der Waals surface area contributed by atoms with Gasteiger partial charge in [-0.2, -0.15) is 13.2 Å². The topological polar surface area (TPSA) is 123 Å². The number of phenols is 2. The number of allylic oxidation sites excluding steroid dienone is 3. The van der Waals surface area contributed by atoms with E-state index in [0.717, 1.165) is 12.1 Å². The molecule has 0 spiro atoms. The molecule has 3 aromatic rings. The second-order valence-electron chi connectivity index (χ2n) is 8.10. The van der Waals surface area contributed by atoms with Gasteiger partial charge in [-0.3, -0.25) is 4.79 Å². The number of alkyl halides is 3. The lowest BCUT2D eigenvalue weighted by atomic mass is 10.1. The minimum Gasteiger partial charge on any atom is -0.508 e. The van der Waals surface area contributed by atoms with E-state index in [2.05, 4.69) is 0 Å². The van der Waals surface area contributed by atoms with Crippen LogP contribution in [0.2, 0.25) is 0 Å². The molecule has 8 nitrogen and oxygen atoms in total. The van der Waals surface area contributed by atoms with Crippen molar-refractivity contribution in [1.29, 1.82) is 0 Å². The Bertz CT molecular complexity index is 1500. The van der Waals surface area contributed by atoms with E-state index in [4.69, 9.17) is 14.2 Å². The Kier molecular flexibility index (Phi) is 9.23. The van der Waals surface area contributed by atoms with Gasteiger partial charge in [-0.15, -0.1) is 0 Å². The summed E-state index contributed by atoms with van der Waals surface area (Å²) in [6.45, 7) is 0. The second kappa shape index (κ2) is 12.6. The van der Waals surface area contributed by atoms with Crippen molar-refractivity contribution in [1.82, 2.24) is 0 Å². The monoisotopic (exact) mass is 556 g/mol. The molecule has 3 rings (SSSR count). The third kappa shape index (κ3) is 7.67. The van der Waals surface area contributed by atoms with Crippen molar-refractivity contribution < 1.29 is 52.3 Å². The van der Waals surface area contributed by atoms with E-state index in [9.17, 15) is 38.1 Å². The third-order valence-electron chi connectivity index (χ3n) is 5.32. The molecule has 0 saturated carbocycles. The number of rotatable bonds is 9. The minimum absolute atomic E-state index is 0.0464. The van der Waals surface area contributed by atoms with Gasteiger partial charge in [-0.25, -0.2) is 4.79 Å². The minimum atomic E-state index is -4.69. The summed E-state index contributed by atoms with van der Waals surface area (Å²) in [6.07, 6.45) is 1.68. The molecular weight excluding hydrogens is 533 g/mol. The number of carbonyl (C=O) groups excluding carboxylic acids is 2. The number of carbonyl (C=O) groups is 2. The summed E-state index contributed by atoms with van der Waals surface area (Å²) in [5, 5.41) is 29.6. The average Bonchev–Trinajstić information content (AvgIpc) is 2.91. The fraction of sp³-hybridized carbons (Fsp3) is 0.103. The molecule has 0 unspecified atom stereocenters. The predicted molar refractivity (Wildman–Crippen MR) is 140 cm³/mol. The van der Waals surface area contributed by atoms with Crippen molar-refractivity contribution in [3.8, 4) is 28.7 Å². The summed E-state index contributed by atoms with van der Waals surface area (Å²) in [5.41, 5.74) is -0.526. The van der Waals surface area contributed by atoms with Crippen LogP contribution in [0.4, 0.5) is 13.2 Å². The van der Waals surface area contributed by atoms with Crippen LogP contribution in [0.15, 0.2) is 78.6 Å². The molecule has 3 N–H and O–H groups in total. The van der Waals surface area contributed by atoms with Crippen LogP contribution >= 0.6 is 0 Å². The first-order chi connectivity index (χ1) is 18.9. The fourth-order valence-corrected chi connectivity index (χ4v) is 3.31. The van der Waals surface area contributed by atoms with Crippen molar-refractivity contribution in [3.63, 3.8) is 0 Å². The van der Waals surface area contributed by atoms with Gasteiger partial charge in [0, 0.05) is 6.08 Å². The van der Waals surface area contributed by atoms with E-state index in [1.807, 2.05) is 0 Å². The van der Waals surface area contributed by atoms with Crippen molar-refractivity contribution in [3.05, 3.63) is 101 Å². The van der Waals surface area contributed by atoms with Gasteiger partial charge in [0.15, 0.2) is 28.8 Å². The number of methoxy groups -OCH3 is 2. The maximum absolute atomic E-state index is 12.8. The molecule has 0 amide bonds. The number of ketones is 1. The van der Waals surface area contributed by atoms with Crippen molar-refractivity contribution in [2.75, 3.05) is 14.2 Å². The van der Waals surface area contributed by atoms with E-state index >= 15 is 0 Å². The molecule has 0 radical (unpaired) electrons. The molecule has 0 bridgehead atoms. The van der Waals surface area contributed by atoms with Crippen LogP contribution in [-0.4, -0.2) is 41.3 Å². The number of hydrogen-bond acceptors (Lipinski definition) is 8. The SMILES string of the molecule is COc1cc(/C=C/C(=O)C=C(O)/C=C/c2ccc(OC(=O)c3ccc(C(F)(F)F)cc3O)c(OC)c2)ccc1O. The number of halogens is 3. The number of esters is 1. The first-order valence-electron chi connectivity index (χ1n) is 11.4. The molecule has 0 atom stereocenters. The van der Waals surface area contributed by atoms with E-state index in [1.54, 1.807) is 6.07 Å². The molecule has 3 aromatic carbocycles. The van der Waals surface area contributed by atoms with E-state index in [1.165, 1.54) is 68.9 Å². The lowest BCUT2D eigenvalue weighted by Gasteiger charge is -2.12. The summed E-state index contributed by atoms with van der Waals surface area (Å²) in [6, 6.07) is 10.7. The predicted octanol–water partition coefficient (Wildman–Crippen LogP) is 6.09. The molecular formula is C29H23F3O8. The zero-order chi connectivity index (χ0) is 29.4. The number of hydrogen-bond donors (Lipinski definition) is 3. The Morgan fingerprint density at radius 1 is 0.775 bits per heavy atom. The van der Waals surface area contributed by atoms with Gasteiger partial charge in [0.25, 0.3) is 0 Å². The van der Waals surface area contributed by atoms with Crippen LogP contribution in [0.5, 0.6) is 28.7 Å². The highest BCUT2D eigenvalue weighted by atomic mass is 19.4. The number of aromatic hydroxyl groups is 2. The number of ether oxygens (including phenoxy) is 3. The highest BCUT2D eigenvalue weighted by Crippen LogP contribution is 2.34. The van der Waals surface area contributed by atoms with E-state index in [-0.39, 0.29) is 28.8 Å². The molecule has 208 valence electrons. The van der Waals surface area contributed by atoms with Crippen molar-refractivity contribution >= 4 is 23.9 Å². The quantitative estimate of drug-likeness (QED) is 0.0952. The molecule has 0 aliphatic rings. The Morgan fingerprint density at radius 3 is 2.02 bits per heavy atom. The molecule has 0 saturated heterocycles. The molecule has 0 aliphatic heterocycles. The normalized spacial score (nSPS) is 12.1. The van der Waals surface area contributed by atoms with Gasteiger partial charge in [0.1, 0.15) is 17.1 Å². The lowest BCUT2D eigenvalue weighted by molar-refractivity contribution is -0.137. The van der Waals surface area contributed by atoms with Crippen molar-refractivity contribution in [2.45, 2.75) is 6.18 Å². The van der Waals surface area contributed by atoms with Crippen LogP contribution < -0.4 is 14.2 Å². The number of benzene rings is 3. The molecule has 0 heterocycles. The Balaban J connectivity index is 1.69. The highest BCUT2D eigenvalue weighted by molar-refractivity contribution is 6.02. The van der Waals surface area contributed by atoms with Gasteiger partial charge in [-0.1, -0.05) is 24.3 Å². The maximum Gasteiger partial charge on any atom is 0.416 e. The molecule has 40 heavy (non-hydrogen) atoms. The fourth-order valence-electron chi connectivity index (χ4n) is 3.31. The zero-order valence-electron chi connectivity index (χ0n) is 21.1. The summed E-state index contributed by atoms with van der Waals surface area (Å²) in [7, 11) is 2.69. The van der Waals surface area contributed by atoms with Gasteiger partial charge >= 0.3 is 12.1 Å². The number of aliphatic hydroxyl groups is 1. The van der Waals surface area contributed by atoms with Gasteiger partial charge in [0.05, 0.1) is 19.8 Å². The van der Waals surface area contributed by atoms with Crippen molar-refractivity contribution in [2.24, 2.45) is 0 Å². The van der Waals surface area contributed by atoms with Crippen LogP contribution in [0.25, 0.3) is 12.2 Å². The summed E-state index contributed by atoms with van der Waals surface area (Å²) >= 11 is 0. The Labute approximate surface area is 226 Å². The van der Waals surface area contributed by atoms with E-state index in [0.29, 0.717) is 23.3 Å². The zero-order valence-corrected chi connectivity index (χ0v) is 21.1. The number of phenolic OH excluding ortho intramolecular Hbond substituents is 2. The standard InChI is InChI=1S/C29H23F3O8/c1-38-26-13-17(5-11-23(26)35)3-8-20(33)16-21(34)9-4-18-6-12-25(27(14-18)39-2)40-28(37)22-10-7-19(15-24(22)36)29(30,31)32/h3-16,34-36H,1-2H3/b8-3+,9-4+,21-16?. The van der Waals surface area contributed by atoms with Crippen LogP contribution in [0.1, 0.15) is 27.0 Å². The summed E-state index contributed by atoms with van der Waals surface area (Å²) < 4.78 is 53.8. The highest BCUT2D eigenvalue weighted by Gasteiger charge is 2.32. The first kappa shape index (κ1) is 29.4. The van der Waals surface area contributed by atoms with Crippen LogP contribution in [0.3, 0.4) is 0 Å². The Hall–Kier alpha value is -5.19. The smallest absolute Gasteiger partial charge is 0.416 e. The summed E-state index contributed by atoms with van der Waals surface area (Å²) in [5.74, 6) is -2.67. The van der Waals surface area contributed by atoms with Gasteiger partial charge in [-0.05, 0) is 65.7 Å².